The minimum atomic E-state index is -0.328. The molecule has 2 amide bonds. The Kier molecular flexibility index (Phi) is 7.08. The van der Waals surface area contributed by atoms with Crippen molar-refractivity contribution in [2.75, 3.05) is 29.9 Å². The third-order valence-electron chi connectivity index (χ3n) is 8.76. The second kappa shape index (κ2) is 10.1. The number of benzene rings is 1. The molecule has 2 saturated carbocycles. The maximum absolute atomic E-state index is 13.6. The van der Waals surface area contributed by atoms with Crippen LogP contribution in [0.1, 0.15) is 77.0 Å². The third kappa shape index (κ3) is 4.81. The van der Waals surface area contributed by atoms with E-state index in [4.69, 9.17) is 11.6 Å². The van der Waals surface area contributed by atoms with Gasteiger partial charge in [0.15, 0.2) is 0 Å². The minimum absolute atomic E-state index is 0.104. The fraction of sp³-hybridized carbons (Fsp3) is 0.704. The molecule has 1 aromatic carbocycles. The normalized spacial score (nSPS) is 30.7. The summed E-state index contributed by atoms with van der Waals surface area (Å²) in [6, 6.07) is 6.08. The molecule has 34 heavy (non-hydrogen) atoms. The van der Waals surface area contributed by atoms with Gasteiger partial charge in [0.1, 0.15) is 0 Å². The van der Waals surface area contributed by atoms with E-state index in [1.54, 1.807) is 0 Å². The van der Waals surface area contributed by atoms with Crippen molar-refractivity contribution in [1.82, 2.24) is 4.90 Å². The molecule has 1 atom stereocenters. The summed E-state index contributed by atoms with van der Waals surface area (Å²) in [7, 11) is 0. The van der Waals surface area contributed by atoms with Gasteiger partial charge < -0.3 is 20.2 Å². The van der Waals surface area contributed by atoms with Gasteiger partial charge in [0.05, 0.1) is 22.2 Å². The molecule has 2 aliphatic carbocycles. The number of nitrogens with zero attached hydrogens (tertiary/aromatic N) is 2. The Morgan fingerprint density at radius 2 is 1.76 bits per heavy atom. The van der Waals surface area contributed by atoms with E-state index in [1.165, 1.54) is 6.42 Å². The Hall–Kier alpha value is -1.79. The van der Waals surface area contributed by atoms with Crippen LogP contribution in [-0.2, 0) is 9.59 Å². The zero-order valence-electron chi connectivity index (χ0n) is 20.1. The number of amides is 2. The van der Waals surface area contributed by atoms with Gasteiger partial charge in [-0.3, -0.25) is 9.59 Å². The molecule has 186 valence electrons. The van der Waals surface area contributed by atoms with Crippen molar-refractivity contribution >= 4 is 34.8 Å². The number of carbonyl (C=O) groups excluding carboxylic acids is 2. The smallest absolute Gasteiger partial charge is 0.230 e. The SMILES string of the molecule is O=C(Nc1ccc(N2CCC[C@@]3(CCN(C4CCC(O)CC4)C3=O)C2)c(Cl)c1)C1CCCCC1. The summed E-state index contributed by atoms with van der Waals surface area (Å²) in [5.41, 5.74) is 1.37. The van der Waals surface area contributed by atoms with Gasteiger partial charge in [-0.15, -0.1) is 0 Å². The number of anilines is 2. The van der Waals surface area contributed by atoms with Gasteiger partial charge in [-0.25, -0.2) is 0 Å². The zero-order chi connectivity index (χ0) is 23.7. The van der Waals surface area contributed by atoms with Crippen molar-refractivity contribution in [1.29, 1.82) is 0 Å². The van der Waals surface area contributed by atoms with Crippen LogP contribution in [0.3, 0.4) is 0 Å². The van der Waals surface area contributed by atoms with Crippen LogP contribution in [0.25, 0.3) is 0 Å². The van der Waals surface area contributed by atoms with Crippen LogP contribution in [0, 0.1) is 11.3 Å². The van der Waals surface area contributed by atoms with E-state index in [0.717, 1.165) is 95.1 Å². The molecule has 7 heteroatoms. The van der Waals surface area contributed by atoms with Gasteiger partial charge >= 0.3 is 0 Å². The maximum atomic E-state index is 13.6. The molecular formula is C27H38ClN3O3. The van der Waals surface area contributed by atoms with Crippen molar-refractivity contribution in [2.45, 2.75) is 89.2 Å². The predicted molar refractivity (Wildman–Crippen MR) is 135 cm³/mol. The van der Waals surface area contributed by atoms with Gasteiger partial charge in [-0.05, 0) is 76.0 Å². The second-order valence-corrected chi connectivity index (χ2v) is 11.4. The molecule has 6 nitrogen and oxygen atoms in total. The molecule has 4 aliphatic rings. The highest BCUT2D eigenvalue weighted by molar-refractivity contribution is 6.33. The van der Waals surface area contributed by atoms with E-state index < -0.39 is 0 Å². The monoisotopic (exact) mass is 487 g/mol. The fourth-order valence-corrected chi connectivity index (χ4v) is 7.03. The molecular weight excluding hydrogens is 450 g/mol. The lowest BCUT2D eigenvalue weighted by Crippen LogP contribution is -2.50. The fourth-order valence-electron chi connectivity index (χ4n) is 6.73. The van der Waals surface area contributed by atoms with Gasteiger partial charge in [-0.2, -0.15) is 0 Å². The second-order valence-electron chi connectivity index (χ2n) is 11.0. The summed E-state index contributed by atoms with van der Waals surface area (Å²) in [5.74, 6) is 0.510. The minimum Gasteiger partial charge on any atom is -0.393 e. The lowest BCUT2D eigenvalue weighted by atomic mass is 9.78. The molecule has 5 rings (SSSR count). The largest absolute Gasteiger partial charge is 0.393 e. The van der Waals surface area contributed by atoms with Crippen molar-refractivity contribution in [3.05, 3.63) is 23.2 Å². The molecule has 2 heterocycles. The van der Waals surface area contributed by atoms with Gasteiger partial charge in [-0.1, -0.05) is 30.9 Å². The molecule has 0 aromatic heterocycles. The number of carbonyl (C=O) groups is 2. The summed E-state index contributed by atoms with van der Waals surface area (Å²) in [4.78, 5) is 30.6. The number of rotatable bonds is 4. The van der Waals surface area contributed by atoms with Crippen LogP contribution < -0.4 is 10.2 Å². The van der Waals surface area contributed by atoms with Gasteiger partial charge in [0, 0.05) is 37.3 Å². The molecule has 4 fully saturated rings. The number of aliphatic hydroxyl groups is 1. The first-order valence-corrected chi connectivity index (χ1v) is 13.7. The van der Waals surface area contributed by atoms with E-state index in [1.807, 2.05) is 18.2 Å². The first kappa shape index (κ1) is 23.9. The third-order valence-corrected chi connectivity index (χ3v) is 9.06. The summed E-state index contributed by atoms with van der Waals surface area (Å²) < 4.78 is 0. The Morgan fingerprint density at radius 1 is 1.00 bits per heavy atom. The molecule has 0 bridgehead atoms. The first-order chi connectivity index (χ1) is 16.4. The Balaban J connectivity index is 1.24. The molecule has 0 unspecified atom stereocenters. The summed E-state index contributed by atoms with van der Waals surface area (Å²) in [6.07, 6.45) is 11.5. The van der Waals surface area contributed by atoms with Crippen LogP contribution in [-0.4, -0.2) is 53.6 Å². The Labute approximate surface area is 208 Å². The zero-order valence-corrected chi connectivity index (χ0v) is 20.9. The average Bonchev–Trinajstić information content (AvgIpc) is 3.15. The number of likely N-dealkylation sites (tertiary alicyclic amines) is 1. The number of hydrogen-bond acceptors (Lipinski definition) is 4. The standard InChI is InChI=1S/C27H38ClN3O3/c28-23-17-20(29-25(33)19-5-2-1-3-6-19)7-12-24(23)30-15-4-13-27(18-30)14-16-31(26(27)34)21-8-10-22(32)11-9-21/h7,12,17,19,21-22,32H,1-6,8-11,13-16,18H2,(H,29,33)/t21?,22?,27-/m1/s1. The highest BCUT2D eigenvalue weighted by Gasteiger charge is 2.50. The number of nitrogens with one attached hydrogen (secondary N) is 1. The predicted octanol–water partition coefficient (Wildman–Crippen LogP) is 4.98. The maximum Gasteiger partial charge on any atom is 0.230 e. The lowest BCUT2D eigenvalue weighted by molar-refractivity contribution is -0.139. The molecule has 0 radical (unpaired) electrons. The average molecular weight is 488 g/mol. The number of piperidine rings is 1. The Morgan fingerprint density at radius 3 is 2.50 bits per heavy atom. The number of hydrogen-bond donors (Lipinski definition) is 2. The van der Waals surface area contributed by atoms with Crippen LogP contribution in [0.2, 0.25) is 5.02 Å². The van der Waals surface area contributed by atoms with Crippen LogP contribution >= 0.6 is 11.6 Å². The highest BCUT2D eigenvalue weighted by atomic mass is 35.5. The number of aliphatic hydroxyl groups excluding tert-OH is 1. The van der Waals surface area contributed by atoms with Crippen molar-refractivity contribution in [3.63, 3.8) is 0 Å². The number of halogens is 1. The topological polar surface area (TPSA) is 72.9 Å². The van der Waals surface area contributed by atoms with Crippen molar-refractivity contribution < 1.29 is 14.7 Å². The van der Waals surface area contributed by atoms with E-state index in [0.29, 0.717) is 17.5 Å². The first-order valence-electron chi connectivity index (χ1n) is 13.3. The lowest BCUT2D eigenvalue weighted by Gasteiger charge is -2.41. The molecule has 1 aromatic rings. The van der Waals surface area contributed by atoms with Crippen molar-refractivity contribution in [2.24, 2.45) is 11.3 Å². The summed E-state index contributed by atoms with van der Waals surface area (Å²) >= 11 is 6.72. The van der Waals surface area contributed by atoms with E-state index in [-0.39, 0.29) is 29.4 Å². The molecule has 2 aliphatic heterocycles. The van der Waals surface area contributed by atoms with E-state index in [9.17, 15) is 14.7 Å². The Bertz CT molecular complexity index is 910. The van der Waals surface area contributed by atoms with E-state index in [2.05, 4.69) is 15.1 Å². The van der Waals surface area contributed by atoms with E-state index >= 15 is 0 Å². The highest BCUT2D eigenvalue weighted by Crippen LogP contribution is 2.44. The van der Waals surface area contributed by atoms with Crippen LogP contribution in [0.4, 0.5) is 11.4 Å². The molecule has 2 saturated heterocycles. The van der Waals surface area contributed by atoms with Crippen LogP contribution in [0.5, 0.6) is 0 Å². The molecule has 2 N–H and O–H groups in total. The van der Waals surface area contributed by atoms with Gasteiger partial charge in [0.25, 0.3) is 0 Å². The van der Waals surface area contributed by atoms with Gasteiger partial charge in [0.2, 0.25) is 11.8 Å². The summed E-state index contributed by atoms with van der Waals surface area (Å²) in [5, 5.41) is 13.5. The van der Waals surface area contributed by atoms with Crippen molar-refractivity contribution in [3.8, 4) is 0 Å². The molecule has 1 spiro atoms. The summed E-state index contributed by atoms with van der Waals surface area (Å²) in [6.45, 7) is 2.41. The van der Waals surface area contributed by atoms with Crippen LogP contribution in [0.15, 0.2) is 18.2 Å². The quantitative estimate of drug-likeness (QED) is 0.628.